The van der Waals surface area contributed by atoms with Crippen LogP contribution in [0.4, 0.5) is 0 Å². The molecule has 0 radical (unpaired) electrons. The Hall–Kier alpha value is -2.96. The topological polar surface area (TPSA) is 177 Å². The summed E-state index contributed by atoms with van der Waals surface area (Å²) in [6.07, 6.45) is 2.14. The van der Waals surface area contributed by atoms with Crippen LogP contribution in [0.5, 0.6) is 0 Å². The Bertz CT molecular complexity index is 847. The molecule has 1 aliphatic rings. The summed E-state index contributed by atoms with van der Waals surface area (Å²) >= 11 is 0. The standard InChI is InChI=1S/C22H33BN4O7/c1-13(28)18(27-22(32)19(25-14(2)29)15-8-6-7-9-15)21(31)24-12-17(30)26-20(23(33)34)16-10-4-3-5-11-16/h3-5,10-11,13,15,18-20,28,33-34H,6-9,12H2,1-2H3,(H,24,31)(H,25,29)(H,26,30)(H,27,32)/t13-,18+,19+,20?/m1/s1. The van der Waals surface area contributed by atoms with Crippen molar-refractivity contribution >= 4 is 30.7 Å². The first-order valence-corrected chi connectivity index (χ1v) is 11.3. The summed E-state index contributed by atoms with van der Waals surface area (Å²) in [5, 5.41) is 39.1. The number of carbonyl (C=O) groups is 4. The van der Waals surface area contributed by atoms with Crippen molar-refractivity contribution in [2.45, 2.75) is 63.7 Å². The van der Waals surface area contributed by atoms with E-state index >= 15 is 0 Å². The van der Waals surface area contributed by atoms with Gasteiger partial charge in [0.2, 0.25) is 23.6 Å². The molecule has 4 amide bonds. The van der Waals surface area contributed by atoms with Crippen LogP contribution < -0.4 is 21.3 Å². The Balaban J connectivity index is 1.97. The van der Waals surface area contributed by atoms with Crippen LogP contribution in [0.2, 0.25) is 0 Å². The second-order valence-electron chi connectivity index (χ2n) is 8.54. The Labute approximate surface area is 198 Å². The summed E-state index contributed by atoms with van der Waals surface area (Å²) in [5.41, 5.74) is 0.460. The van der Waals surface area contributed by atoms with Crippen molar-refractivity contribution in [3.63, 3.8) is 0 Å². The lowest BCUT2D eigenvalue weighted by Gasteiger charge is -2.27. The Kier molecular flexibility index (Phi) is 10.5. The third kappa shape index (κ3) is 8.12. The predicted molar refractivity (Wildman–Crippen MR) is 124 cm³/mol. The van der Waals surface area contributed by atoms with Gasteiger partial charge in [-0.1, -0.05) is 43.2 Å². The number of benzene rings is 1. The molecule has 1 aromatic rings. The predicted octanol–water partition coefficient (Wildman–Crippen LogP) is -1.47. The summed E-state index contributed by atoms with van der Waals surface area (Å²) in [6.45, 7) is 2.10. The van der Waals surface area contributed by atoms with E-state index in [9.17, 15) is 34.3 Å². The van der Waals surface area contributed by atoms with Crippen LogP contribution in [0.15, 0.2) is 30.3 Å². The third-order valence-electron chi connectivity index (χ3n) is 5.77. The van der Waals surface area contributed by atoms with Gasteiger partial charge in [-0.05, 0) is 31.2 Å². The van der Waals surface area contributed by atoms with Gasteiger partial charge in [0.25, 0.3) is 0 Å². The first-order valence-electron chi connectivity index (χ1n) is 11.3. The second kappa shape index (κ2) is 13.1. The molecule has 12 heteroatoms. The molecule has 11 nitrogen and oxygen atoms in total. The average Bonchev–Trinajstić information content (AvgIpc) is 3.32. The maximum Gasteiger partial charge on any atom is 0.480 e. The lowest BCUT2D eigenvalue weighted by molar-refractivity contribution is -0.135. The zero-order valence-corrected chi connectivity index (χ0v) is 19.4. The van der Waals surface area contributed by atoms with Gasteiger partial charge in [-0.25, -0.2) is 0 Å². The molecular weight excluding hydrogens is 443 g/mol. The maximum atomic E-state index is 12.8. The molecule has 0 heterocycles. The monoisotopic (exact) mass is 476 g/mol. The minimum Gasteiger partial charge on any atom is -0.426 e. The van der Waals surface area contributed by atoms with Crippen molar-refractivity contribution in [2.24, 2.45) is 5.92 Å². The Morgan fingerprint density at radius 3 is 2.15 bits per heavy atom. The zero-order chi connectivity index (χ0) is 25.3. The molecule has 1 fully saturated rings. The van der Waals surface area contributed by atoms with E-state index in [1.807, 2.05) is 0 Å². The third-order valence-corrected chi connectivity index (χ3v) is 5.77. The van der Waals surface area contributed by atoms with Gasteiger partial charge in [0.15, 0.2) is 0 Å². The summed E-state index contributed by atoms with van der Waals surface area (Å²) in [4.78, 5) is 49.4. The minimum atomic E-state index is -1.87. The zero-order valence-electron chi connectivity index (χ0n) is 19.4. The molecule has 0 spiro atoms. The van der Waals surface area contributed by atoms with Crippen molar-refractivity contribution in [2.75, 3.05) is 6.54 Å². The number of amides is 4. The Morgan fingerprint density at radius 2 is 1.62 bits per heavy atom. The van der Waals surface area contributed by atoms with Crippen LogP contribution in [0.1, 0.15) is 51.0 Å². The Morgan fingerprint density at radius 1 is 1.00 bits per heavy atom. The van der Waals surface area contributed by atoms with E-state index in [1.54, 1.807) is 30.3 Å². The molecule has 186 valence electrons. The van der Waals surface area contributed by atoms with Crippen LogP contribution in [0, 0.1) is 5.92 Å². The number of aliphatic hydroxyl groups is 1. The molecule has 7 N–H and O–H groups in total. The smallest absolute Gasteiger partial charge is 0.426 e. The van der Waals surface area contributed by atoms with Gasteiger partial charge in [-0.15, -0.1) is 0 Å². The molecule has 0 aliphatic heterocycles. The summed E-state index contributed by atoms with van der Waals surface area (Å²) in [7, 11) is -1.87. The number of carbonyl (C=O) groups excluding carboxylic acids is 4. The molecule has 1 aromatic carbocycles. The highest BCUT2D eigenvalue weighted by Gasteiger charge is 2.35. The first-order chi connectivity index (χ1) is 16.1. The van der Waals surface area contributed by atoms with E-state index in [-0.39, 0.29) is 11.8 Å². The van der Waals surface area contributed by atoms with Gasteiger partial charge < -0.3 is 36.4 Å². The molecule has 1 aliphatic carbocycles. The number of aliphatic hydroxyl groups excluding tert-OH is 1. The summed E-state index contributed by atoms with van der Waals surface area (Å²) < 4.78 is 0. The highest BCUT2D eigenvalue weighted by Crippen LogP contribution is 2.28. The lowest BCUT2D eigenvalue weighted by atomic mass is 9.75. The molecule has 34 heavy (non-hydrogen) atoms. The molecule has 2 rings (SSSR count). The van der Waals surface area contributed by atoms with Gasteiger partial charge in [0, 0.05) is 6.92 Å². The van der Waals surface area contributed by atoms with Gasteiger partial charge in [0.05, 0.1) is 18.6 Å². The van der Waals surface area contributed by atoms with E-state index in [0.29, 0.717) is 5.56 Å². The molecule has 4 atom stereocenters. The maximum absolute atomic E-state index is 12.8. The molecular formula is C22H33BN4O7. The van der Waals surface area contributed by atoms with Crippen molar-refractivity contribution in [3.8, 4) is 0 Å². The van der Waals surface area contributed by atoms with E-state index < -0.39 is 55.5 Å². The molecule has 1 unspecified atom stereocenters. The van der Waals surface area contributed by atoms with Crippen molar-refractivity contribution < 1.29 is 34.3 Å². The van der Waals surface area contributed by atoms with Crippen LogP contribution in [-0.4, -0.2) is 70.6 Å². The lowest BCUT2D eigenvalue weighted by Crippen LogP contribution is -2.59. The largest absolute Gasteiger partial charge is 0.480 e. The fourth-order valence-corrected chi connectivity index (χ4v) is 4.05. The van der Waals surface area contributed by atoms with Crippen molar-refractivity contribution in [1.82, 2.24) is 21.3 Å². The first kappa shape index (κ1) is 27.3. The number of hydrogen-bond acceptors (Lipinski definition) is 7. The fraction of sp³-hybridized carbons (Fsp3) is 0.545. The average molecular weight is 476 g/mol. The number of nitrogens with one attached hydrogen (secondary N) is 4. The molecule has 0 bridgehead atoms. The summed E-state index contributed by atoms with van der Waals surface area (Å²) in [5.74, 6) is -3.63. The van der Waals surface area contributed by atoms with Gasteiger partial charge in [0.1, 0.15) is 12.1 Å². The normalized spacial score (nSPS) is 17.1. The number of rotatable bonds is 11. The van der Waals surface area contributed by atoms with Gasteiger partial charge in [-0.3, -0.25) is 19.2 Å². The van der Waals surface area contributed by atoms with Crippen LogP contribution in [-0.2, 0) is 19.2 Å². The van der Waals surface area contributed by atoms with Gasteiger partial charge >= 0.3 is 7.12 Å². The van der Waals surface area contributed by atoms with Crippen LogP contribution in [0.3, 0.4) is 0 Å². The van der Waals surface area contributed by atoms with Crippen molar-refractivity contribution in [3.05, 3.63) is 35.9 Å². The van der Waals surface area contributed by atoms with E-state index in [4.69, 9.17) is 0 Å². The van der Waals surface area contributed by atoms with E-state index in [1.165, 1.54) is 13.8 Å². The highest BCUT2D eigenvalue weighted by atomic mass is 16.4. The highest BCUT2D eigenvalue weighted by molar-refractivity contribution is 6.43. The minimum absolute atomic E-state index is 0.0628. The summed E-state index contributed by atoms with van der Waals surface area (Å²) in [6, 6.07) is 6.12. The van der Waals surface area contributed by atoms with E-state index in [0.717, 1.165) is 25.7 Å². The quantitative estimate of drug-likeness (QED) is 0.191. The van der Waals surface area contributed by atoms with Gasteiger partial charge in [-0.2, -0.15) is 0 Å². The molecule has 1 saturated carbocycles. The second-order valence-corrected chi connectivity index (χ2v) is 8.54. The SMILES string of the molecule is CC(=O)N[C@H](C(=O)N[C@H](C(=O)NCC(=O)NC(B(O)O)c1ccccc1)[C@@H](C)O)C1CCCC1. The van der Waals surface area contributed by atoms with Crippen LogP contribution in [0.25, 0.3) is 0 Å². The fourth-order valence-electron chi connectivity index (χ4n) is 4.05. The number of hydrogen-bond donors (Lipinski definition) is 7. The van der Waals surface area contributed by atoms with E-state index in [2.05, 4.69) is 21.3 Å². The molecule has 0 saturated heterocycles. The molecule has 0 aromatic heterocycles. The van der Waals surface area contributed by atoms with Crippen LogP contribution >= 0.6 is 0 Å². The van der Waals surface area contributed by atoms with Crippen molar-refractivity contribution in [1.29, 1.82) is 0 Å².